The number of benzene rings is 1. The van der Waals surface area contributed by atoms with E-state index in [0.717, 1.165) is 40.8 Å². The summed E-state index contributed by atoms with van der Waals surface area (Å²) in [4.78, 5) is 13.7. The van der Waals surface area contributed by atoms with E-state index in [1.807, 2.05) is 24.3 Å². The van der Waals surface area contributed by atoms with E-state index in [-0.39, 0.29) is 5.91 Å². The Bertz CT molecular complexity index is 947. The minimum atomic E-state index is -0.0104. The van der Waals surface area contributed by atoms with Gasteiger partial charge in [-0.25, -0.2) is 0 Å². The second-order valence-corrected chi connectivity index (χ2v) is 9.01. The van der Waals surface area contributed by atoms with Gasteiger partial charge in [-0.15, -0.1) is 21.5 Å². The molecule has 3 aromatic rings. The summed E-state index contributed by atoms with van der Waals surface area (Å²) in [6.45, 7) is 4.35. The summed E-state index contributed by atoms with van der Waals surface area (Å²) in [5, 5.41) is 14.7. The largest absolute Gasteiger partial charge is 0.325 e. The maximum Gasteiger partial charge on any atom is 0.234 e. The Morgan fingerprint density at radius 1 is 1.29 bits per heavy atom. The lowest BCUT2D eigenvalue weighted by molar-refractivity contribution is -0.113. The number of thioether (sulfide) groups is 1. The van der Waals surface area contributed by atoms with Crippen molar-refractivity contribution in [3.63, 3.8) is 0 Å². The van der Waals surface area contributed by atoms with Gasteiger partial charge in [0.15, 0.2) is 11.0 Å². The van der Waals surface area contributed by atoms with Gasteiger partial charge >= 0.3 is 0 Å². The third-order valence-electron chi connectivity index (χ3n) is 5.03. The Labute approximate surface area is 173 Å². The highest BCUT2D eigenvalue weighted by Crippen LogP contribution is 2.41. The first-order valence-electron chi connectivity index (χ1n) is 9.67. The molecule has 1 atom stereocenters. The number of nitrogens with one attached hydrogen (secondary N) is 1. The molecule has 146 valence electrons. The lowest BCUT2D eigenvalue weighted by Gasteiger charge is -2.15. The van der Waals surface area contributed by atoms with Crippen LogP contribution in [-0.2, 0) is 4.79 Å². The van der Waals surface area contributed by atoms with Gasteiger partial charge in [-0.1, -0.05) is 49.9 Å². The van der Waals surface area contributed by atoms with Gasteiger partial charge in [0.1, 0.15) is 0 Å². The molecule has 1 N–H and O–H groups in total. The van der Waals surface area contributed by atoms with Crippen LogP contribution in [0, 0.1) is 0 Å². The van der Waals surface area contributed by atoms with Gasteiger partial charge in [0.05, 0.1) is 10.6 Å². The zero-order chi connectivity index (χ0) is 19.5. The predicted molar refractivity (Wildman–Crippen MR) is 116 cm³/mol. The first-order valence-corrected chi connectivity index (χ1v) is 11.5. The van der Waals surface area contributed by atoms with Crippen molar-refractivity contribution in [3.05, 3.63) is 47.3 Å². The number of nitrogens with zero attached hydrogens (tertiary/aromatic N) is 3. The van der Waals surface area contributed by atoms with Crippen molar-refractivity contribution in [1.29, 1.82) is 0 Å². The van der Waals surface area contributed by atoms with Crippen LogP contribution in [0.15, 0.2) is 46.9 Å². The molecule has 1 fully saturated rings. The van der Waals surface area contributed by atoms with Crippen LogP contribution in [0.25, 0.3) is 10.7 Å². The number of hydrogen-bond donors (Lipinski definition) is 1. The molecule has 1 saturated carbocycles. The normalized spacial score (nSPS) is 14.8. The van der Waals surface area contributed by atoms with E-state index in [0.29, 0.717) is 17.7 Å². The van der Waals surface area contributed by atoms with Crippen molar-refractivity contribution in [2.45, 2.75) is 50.2 Å². The van der Waals surface area contributed by atoms with Gasteiger partial charge in [0.2, 0.25) is 5.91 Å². The highest BCUT2D eigenvalue weighted by Gasteiger charge is 2.30. The monoisotopic (exact) mass is 412 g/mol. The lowest BCUT2D eigenvalue weighted by Crippen LogP contribution is -2.16. The summed E-state index contributed by atoms with van der Waals surface area (Å²) in [7, 11) is 0. The smallest absolute Gasteiger partial charge is 0.234 e. The topological polar surface area (TPSA) is 59.8 Å². The van der Waals surface area contributed by atoms with Gasteiger partial charge < -0.3 is 5.32 Å². The van der Waals surface area contributed by atoms with Crippen LogP contribution in [-0.4, -0.2) is 26.4 Å². The zero-order valence-electron chi connectivity index (χ0n) is 16.1. The Balaban J connectivity index is 1.45. The molecule has 0 aliphatic heterocycles. The first-order chi connectivity index (χ1) is 13.7. The van der Waals surface area contributed by atoms with Gasteiger partial charge in [-0.05, 0) is 48.3 Å². The van der Waals surface area contributed by atoms with Crippen LogP contribution in [0.5, 0.6) is 0 Å². The molecular weight excluding hydrogens is 388 g/mol. The second-order valence-electron chi connectivity index (χ2n) is 7.12. The van der Waals surface area contributed by atoms with Crippen LogP contribution < -0.4 is 5.32 Å². The quantitative estimate of drug-likeness (QED) is 0.490. The van der Waals surface area contributed by atoms with Crippen LogP contribution in [0.3, 0.4) is 0 Å². The van der Waals surface area contributed by atoms with E-state index in [2.05, 4.69) is 51.4 Å². The molecule has 0 radical (unpaired) electrons. The summed E-state index contributed by atoms with van der Waals surface area (Å²) in [6.07, 6.45) is 3.34. The molecule has 28 heavy (non-hydrogen) atoms. The summed E-state index contributed by atoms with van der Waals surface area (Å²) in [5.41, 5.74) is 2.09. The predicted octanol–water partition coefficient (Wildman–Crippen LogP) is 5.59. The average Bonchev–Trinajstić information content (AvgIpc) is 3.23. The fraction of sp³-hybridized carbons (Fsp3) is 0.381. The van der Waals surface area contributed by atoms with E-state index in [1.165, 1.54) is 17.3 Å². The number of para-hydroxylation sites is 1. The number of aromatic nitrogens is 3. The van der Waals surface area contributed by atoms with Crippen LogP contribution in [0.1, 0.15) is 50.6 Å². The number of anilines is 1. The molecule has 1 aromatic carbocycles. The lowest BCUT2D eigenvalue weighted by atomic mass is 9.97. The molecular formula is C21H24N4OS2. The Kier molecular flexibility index (Phi) is 5.82. The van der Waals surface area contributed by atoms with Gasteiger partial charge in [0, 0.05) is 11.7 Å². The minimum Gasteiger partial charge on any atom is -0.325 e. The molecule has 2 heterocycles. The summed E-state index contributed by atoms with van der Waals surface area (Å²) in [5.74, 6) is 1.64. The van der Waals surface area contributed by atoms with E-state index < -0.39 is 0 Å². The van der Waals surface area contributed by atoms with E-state index in [1.54, 1.807) is 11.3 Å². The maximum atomic E-state index is 12.6. The number of carbonyl (C=O) groups excluding carboxylic acids is 1. The number of amides is 1. The third kappa shape index (κ3) is 4.15. The minimum absolute atomic E-state index is 0.0104. The number of rotatable bonds is 8. The molecule has 7 heteroatoms. The molecule has 0 spiro atoms. The zero-order valence-corrected chi connectivity index (χ0v) is 17.7. The van der Waals surface area contributed by atoms with Crippen molar-refractivity contribution in [2.75, 3.05) is 11.1 Å². The van der Waals surface area contributed by atoms with E-state index >= 15 is 0 Å². The van der Waals surface area contributed by atoms with Crippen molar-refractivity contribution < 1.29 is 4.79 Å². The molecule has 0 bridgehead atoms. The van der Waals surface area contributed by atoms with Crippen molar-refractivity contribution in [3.8, 4) is 10.7 Å². The molecule has 5 nitrogen and oxygen atoms in total. The SMILES string of the molecule is CCC(C)c1ccccc1NC(=O)CSc1nnc(-c2cccs2)n1C1CC1. The second kappa shape index (κ2) is 8.49. The fourth-order valence-corrected chi connectivity index (χ4v) is 4.70. The number of carbonyl (C=O) groups is 1. The molecule has 1 aliphatic carbocycles. The fourth-order valence-electron chi connectivity index (χ4n) is 3.19. The summed E-state index contributed by atoms with van der Waals surface area (Å²) >= 11 is 3.13. The van der Waals surface area contributed by atoms with E-state index in [4.69, 9.17) is 0 Å². The molecule has 4 rings (SSSR count). The molecule has 1 amide bonds. The van der Waals surface area contributed by atoms with Crippen molar-refractivity contribution in [1.82, 2.24) is 14.8 Å². The van der Waals surface area contributed by atoms with Crippen molar-refractivity contribution in [2.24, 2.45) is 0 Å². The average molecular weight is 413 g/mol. The van der Waals surface area contributed by atoms with E-state index in [9.17, 15) is 4.79 Å². The summed E-state index contributed by atoms with van der Waals surface area (Å²) < 4.78 is 2.21. The van der Waals surface area contributed by atoms with Crippen molar-refractivity contribution >= 4 is 34.7 Å². The standard InChI is InChI=1S/C21H24N4OS2/c1-3-14(2)16-7-4-5-8-17(16)22-19(26)13-28-21-24-23-20(18-9-6-12-27-18)25(21)15-10-11-15/h4-9,12,14-15H,3,10-11,13H2,1-2H3,(H,22,26). The molecule has 0 saturated heterocycles. The molecule has 1 unspecified atom stereocenters. The highest BCUT2D eigenvalue weighted by molar-refractivity contribution is 7.99. The van der Waals surface area contributed by atoms with Gasteiger partial charge in [-0.2, -0.15) is 0 Å². The molecule has 1 aliphatic rings. The van der Waals surface area contributed by atoms with Crippen LogP contribution in [0.4, 0.5) is 5.69 Å². The number of hydrogen-bond acceptors (Lipinski definition) is 5. The highest BCUT2D eigenvalue weighted by atomic mass is 32.2. The summed E-state index contributed by atoms with van der Waals surface area (Å²) in [6, 6.07) is 12.6. The Hall–Kier alpha value is -2.12. The van der Waals surface area contributed by atoms with Gasteiger partial charge in [-0.3, -0.25) is 9.36 Å². The van der Waals surface area contributed by atoms with Gasteiger partial charge in [0.25, 0.3) is 0 Å². The first kappa shape index (κ1) is 19.2. The van der Waals surface area contributed by atoms with Crippen LogP contribution >= 0.6 is 23.1 Å². The number of thiophene rings is 1. The Morgan fingerprint density at radius 2 is 2.11 bits per heavy atom. The Morgan fingerprint density at radius 3 is 2.82 bits per heavy atom. The maximum absolute atomic E-state index is 12.6. The third-order valence-corrected chi connectivity index (χ3v) is 6.84. The molecule has 2 aromatic heterocycles. The van der Waals surface area contributed by atoms with Crippen LogP contribution in [0.2, 0.25) is 0 Å².